The molecule has 1 fully saturated rings. The Balaban J connectivity index is 0.00000154. The van der Waals surface area contributed by atoms with Gasteiger partial charge >= 0.3 is 0 Å². The number of hydrogen-bond donors (Lipinski definition) is 1. The number of rotatable bonds is 7. The number of nitrogens with one attached hydrogen (secondary N) is 1. The second-order valence-corrected chi connectivity index (χ2v) is 4.95. The van der Waals surface area contributed by atoms with E-state index in [1.165, 1.54) is 26.2 Å². The molecule has 1 saturated heterocycles. The Morgan fingerprint density at radius 2 is 1.74 bits per heavy atom. The first-order valence-corrected chi connectivity index (χ1v) is 7.90. The molecule has 19 heavy (non-hydrogen) atoms. The molecule has 0 saturated carbocycles. The predicted molar refractivity (Wildman–Crippen MR) is 82.4 cm³/mol. The monoisotopic (exact) mass is 271 g/mol. The Kier molecular flexibility index (Phi) is 12.0. The molecule has 0 aromatic carbocycles. The number of amides is 1. The van der Waals surface area contributed by atoms with Crippen LogP contribution in [-0.4, -0.2) is 62.0 Å². The highest BCUT2D eigenvalue weighted by molar-refractivity contribution is 5.75. The van der Waals surface area contributed by atoms with Crippen molar-refractivity contribution in [1.82, 2.24) is 15.1 Å². The van der Waals surface area contributed by atoms with Gasteiger partial charge in [-0.3, -0.25) is 4.79 Å². The van der Waals surface area contributed by atoms with Gasteiger partial charge < -0.3 is 15.1 Å². The van der Waals surface area contributed by atoms with E-state index in [-0.39, 0.29) is 5.91 Å². The average molecular weight is 271 g/mol. The van der Waals surface area contributed by atoms with Gasteiger partial charge in [-0.2, -0.15) is 0 Å². The number of carbonyl (C=O) groups excluding carboxylic acids is 1. The summed E-state index contributed by atoms with van der Waals surface area (Å²) >= 11 is 0. The van der Waals surface area contributed by atoms with Crippen molar-refractivity contribution < 1.29 is 4.79 Å². The van der Waals surface area contributed by atoms with Crippen LogP contribution < -0.4 is 5.32 Å². The lowest BCUT2D eigenvalue weighted by atomic mass is 10.2. The maximum absolute atomic E-state index is 11.4. The van der Waals surface area contributed by atoms with Crippen LogP contribution >= 0.6 is 0 Å². The minimum absolute atomic E-state index is 0.213. The van der Waals surface area contributed by atoms with Gasteiger partial charge in [-0.25, -0.2) is 0 Å². The third-order valence-corrected chi connectivity index (χ3v) is 3.30. The maximum atomic E-state index is 11.4. The third-order valence-electron chi connectivity index (χ3n) is 3.30. The minimum atomic E-state index is 0.213. The summed E-state index contributed by atoms with van der Waals surface area (Å²) in [6.07, 6.45) is 3.87. The van der Waals surface area contributed by atoms with Gasteiger partial charge in [0.15, 0.2) is 0 Å². The van der Waals surface area contributed by atoms with Gasteiger partial charge in [-0.15, -0.1) is 0 Å². The fraction of sp³-hybridized carbons (Fsp3) is 0.933. The van der Waals surface area contributed by atoms with Gasteiger partial charge in [0.1, 0.15) is 0 Å². The molecular formula is C15H33N3O. The van der Waals surface area contributed by atoms with E-state index in [9.17, 15) is 4.79 Å². The van der Waals surface area contributed by atoms with Gasteiger partial charge in [0, 0.05) is 39.1 Å². The van der Waals surface area contributed by atoms with E-state index in [4.69, 9.17) is 0 Å². The number of unbranched alkanes of at least 4 members (excludes halogenated alkanes) is 1. The van der Waals surface area contributed by atoms with Crippen molar-refractivity contribution in [3.05, 3.63) is 0 Å². The zero-order valence-corrected chi connectivity index (χ0v) is 13.4. The van der Waals surface area contributed by atoms with Gasteiger partial charge in [-0.1, -0.05) is 20.8 Å². The molecule has 4 heteroatoms. The van der Waals surface area contributed by atoms with Crippen LogP contribution in [0.25, 0.3) is 0 Å². The molecule has 0 unspecified atom stereocenters. The second-order valence-electron chi connectivity index (χ2n) is 4.95. The maximum Gasteiger partial charge on any atom is 0.219 e. The molecule has 1 aliphatic rings. The summed E-state index contributed by atoms with van der Waals surface area (Å²) in [5.41, 5.74) is 0. The Labute approximate surface area is 119 Å². The first-order chi connectivity index (χ1) is 9.22. The van der Waals surface area contributed by atoms with Crippen LogP contribution in [0.15, 0.2) is 0 Å². The Morgan fingerprint density at radius 3 is 2.32 bits per heavy atom. The summed E-state index contributed by atoms with van der Waals surface area (Å²) in [7, 11) is 2.18. The van der Waals surface area contributed by atoms with Crippen molar-refractivity contribution in [1.29, 1.82) is 0 Å². The first-order valence-electron chi connectivity index (χ1n) is 7.90. The number of likely N-dealkylation sites (N-methyl/N-ethyl adjacent to an activating group) is 1. The van der Waals surface area contributed by atoms with Crippen molar-refractivity contribution in [3.8, 4) is 0 Å². The number of carbonyl (C=O) groups is 1. The zero-order valence-electron chi connectivity index (χ0n) is 13.4. The molecule has 114 valence electrons. The molecule has 0 aromatic rings. The normalized spacial score (nSPS) is 16.6. The van der Waals surface area contributed by atoms with Crippen LogP contribution in [0.3, 0.4) is 0 Å². The van der Waals surface area contributed by atoms with Crippen LogP contribution in [0.5, 0.6) is 0 Å². The van der Waals surface area contributed by atoms with E-state index < -0.39 is 0 Å². The Hall–Kier alpha value is -0.610. The minimum Gasteiger partial charge on any atom is -0.356 e. The van der Waals surface area contributed by atoms with E-state index in [2.05, 4.69) is 29.1 Å². The fourth-order valence-electron chi connectivity index (χ4n) is 2.05. The molecule has 1 heterocycles. The number of nitrogens with zero attached hydrogens (tertiary/aromatic N) is 2. The largest absolute Gasteiger partial charge is 0.356 e. The molecule has 1 rings (SSSR count). The molecule has 0 aromatic heterocycles. The molecule has 0 bridgehead atoms. The lowest BCUT2D eigenvalue weighted by molar-refractivity contribution is -0.121. The Bertz CT molecular complexity index is 213. The van der Waals surface area contributed by atoms with E-state index in [1.807, 2.05) is 13.8 Å². The third kappa shape index (κ3) is 9.91. The molecule has 1 aliphatic heterocycles. The highest BCUT2D eigenvalue weighted by atomic mass is 16.1. The van der Waals surface area contributed by atoms with Crippen LogP contribution in [-0.2, 0) is 4.79 Å². The quantitative estimate of drug-likeness (QED) is 0.719. The van der Waals surface area contributed by atoms with E-state index in [1.54, 1.807) is 0 Å². The van der Waals surface area contributed by atoms with Gasteiger partial charge in [0.2, 0.25) is 5.91 Å². The van der Waals surface area contributed by atoms with Crippen LogP contribution in [0.4, 0.5) is 0 Å². The number of hydrogen-bond acceptors (Lipinski definition) is 3. The van der Waals surface area contributed by atoms with Gasteiger partial charge in [0.25, 0.3) is 0 Å². The highest BCUT2D eigenvalue weighted by Crippen LogP contribution is 2.03. The van der Waals surface area contributed by atoms with Crippen LogP contribution in [0, 0.1) is 0 Å². The highest BCUT2D eigenvalue weighted by Gasteiger charge is 2.12. The number of piperazine rings is 1. The topological polar surface area (TPSA) is 35.6 Å². The van der Waals surface area contributed by atoms with E-state index in [0.29, 0.717) is 6.42 Å². The van der Waals surface area contributed by atoms with Crippen LogP contribution in [0.2, 0.25) is 0 Å². The molecule has 1 N–H and O–H groups in total. The fourth-order valence-corrected chi connectivity index (χ4v) is 2.05. The molecule has 0 radical (unpaired) electrons. The Morgan fingerprint density at radius 1 is 1.11 bits per heavy atom. The van der Waals surface area contributed by atoms with Crippen molar-refractivity contribution in [2.75, 3.05) is 46.3 Å². The zero-order chi connectivity index (χ0) is 14.5. The summed E-state index contributed by atoms with van der Waals surface area (Å²) < 4.78 is 0. The summed E-state index contributed by atoms with van der Waals surface area (Å²) in [6, 6.07) is 0. The molecular weight excluding hydrogens is 238 g/mol. The predicted octanol–water partition coefficient (Wildman–Crippen LogP) is 1.96. The SMILES string of the molecule is CC.CCCNC(=O)CCCCN1CCN(C)CC1. The lowest BCUT2D eigenvalue weighted by Crippen LogP contribution is -2.44. The van der Waals surface area contributed by atoms with Crippen LogP contribution in [0.1, 0.15) is 46.5 Å². The lowest BCUT2D eigenvalue weighted by Gasteiger charge is -2.32. The second kappa shape index (κ2) is 12.4. The van der Waals surface area contributed by atoms with E-state index >= 15 is 0 Å². The van der Waals surface area contributed by atoms with Gasteiger partial charge in [-0.05, 0) is 32.9 Å². The molecule has 4 nitrogen and oxygen atoms in total. The molecule has 1 amide bonds. The molecule has 0 atom stereocenters. The average Bonchev–Trinajstić information content (AvgIpc) is 2.45. The van der Waals surface area contributed by atoms with Crippen molar-refractivity contribution in [2.45, 2.75) is 46.5 Å². The first kappa shape index (κ1) is 18.4. The van der Waals surface area contributed by atoms with Crippen molar-refractivity contribution in [3.63, 3.8) is 0 Å². The summed E-state index contributed by atoms with van der Waals surface area (Å²) in [5.74, 6) is 0.213. The molecule has 0 aliphatic carbocycles. The van der Waals surface area contributed by atoms with E-state index in [0.717, 1.165) is 32.4 Å². The van der Waals surface area contributed by atoms with Crippen molar-refractivity contribution in [2.24, 2.45) is 0 Å². The smallest absolute Gasteiger partial charge is 0.219 e. The van der Waals surface area contributed by atoms with Gasteiger partial charge in [0.05, 0.1) is 0 Å². The summed E-state index contributed by atoms with van der Waals surface area (Å²) in [6.45, 7) is 12.8. The standard InChI is InChI=1S/C13H27N3O.C2H6/c1-3-7-14-13(17)6-4-5-8-16-11-9-15(2)10-12-16;1-2/h3-12H2,1-2H3,(H,14,17);1-2H3. The summed E-state index contributed by atoms with van der Waals surface area (Å²) in [4.78, 5) is 16.2. The molecule has 0 spiro atoms. The van der Waals surface area contributed by atoms with Crippen molar-refractivity contribution >= 4 is 5.91 Å². The summed E-state index contributed by atoms with van der Waals surface area (Å²) in [5, 5.41) is 2.92.